The molecule has 0 bridgehead atoms. The maximum absolute atomic E-state index is 14.2. The molecule has 1 aromatic heterocycles. The van der Waals surface area contributed by atoms with Crippen molar-refractivity contribution in [2.45, 2.75) is 18.9 Å². The zero-order valence-corrected chi connectivity index (χ0v) is 15.2. The second-order valence-corrected chi connectivity index (χ2v) is 6.70. The molecule has 0 saturated carbocycles. The summed E-state index contributed by atoms with van der Waals surface area (Å²) in [6.45, 7) is 6.30. The summed E-state index contributed by atoms with van der Waals surface area (Å²) in [5.74, 6) is 4.34. The smallest absolute Gasteiger partial charge is 0.267 e. The lowest BCUT2D eigenvalue weighted by Crippen LogP contribution is -2.26. The summed E-state index contributed by atoms with van der Waals surface area (Å²) in [7, 11) is 1.82. The summed E-state index contributed by atoms with van der Waals surface area (Å²) < 4.78 is 14.2. The number of primary amides is 1. The van der Waals surface area contributed by atoms with Gasteiger partial charge in [-0.25, -0.2) is 9.37 Å². The second kappa shape index (κ2) is 6.86. The van der Waals surface area contributed by atoms with Crippen LogP contribution in [0.15, 0.2) is 42.6 Å². The molecule has 2 aromatic rings. The van der Waals surface area contributed by atoms with Crippen molar-refractivity contribution >= 4 is 5.91 Å². The van der Waals surface area contributed by atoms with E-state index in [1.165, 1.54) is 6.07 Å². The number of nitrogens with zero attached hydrogens (tertiary/aromatic N) is 2. The molecule has 0 unspecified atom stereocenters. The number of likely N-dealkylation sites (tertiary alicyclic amines) is 1. The highest BCUT2D eigenvalue weighted by molar-refractivity contribution is 5.91. The first-order chi connectivity index (χ1) is 12.7. The van der Waals surface area contributed by atoms with Crippen LogP contribution in [0.1, 0.15) is 28.0 Å². The monoisotopic (exact) mass is 365 g/mol. The summed E-state index contributed by atoms with van der Waals surface area (Å²) in [5, 5.41) is 10.6. The number of amides is 1. The Kier molecular flexibility index (Phi) is 4.73. The molecule has 3 N–H and O–H groups in total. The summed E-state index contributed by atoms with van der Waals surface area (Å²) in [6, 6.07) is 7.75. The van der Waals surface area contributed by atoms with Crippen molar-refractivity contribution in [3.8, 4) is 23.1 Å². The molecule has 1 saturated heterocycles. The number of pyridine rings is 1. The number of halogens is 1. The molecule has 138 valence electrons. The van der Waals surface area contributed by atoms with Crippen LogP contribution < -0.4 is 5.73 Å². The lowest BCUT2D eigenvalue weighted by atomic mass is 9.99. The van der Waals surface area contributed by atoms with Crippen LogP contribution in [0, 0.1) is 24.6 Å². The predicted octanol–water partition coefficient (Wildman–Crippen LogP) is 2.23. The molecule has 1 amide bonds. The van der Waals surface area contributed by atoms with E-state index in [4.69, 9.17) is 5.73 Å². The Labute approximate surface area is 157 Å². The second-order valence-electron chi connectivity index (χ2n) is 6.70. The molecule has 2 heterocycles. The number of aliphatic hydroxyl groups is 1. The van der Waals surface area contributed by atoms with Gasteiger partial charge in [0.25, 0.3) is 5.91 Å². The minimum Gasteiger partial charge on any atom is -0.375 e. The van der Waals surface area contributed by atoms with Gasteiger partial charge in [-0.3, -0.25) is 4.79 Å². The van der Waals surface area contributed by atoms with Crippen molar-refractivity contribution < 1.29 is 14.3 Å². The van der Waals surface area contributed by atoms with E-state index in [2.05, 4.69) is 23.4 Å². The van der Waals surface area contributed by atoms with E-state index >= 15 is 0 Å². The topological polar surface area (TPSA) is 79.5 Å². The number of aromatic nitrogens is 1. The van der Waals surface area contributed by atoms with Crippen molar-refractivity contribution in [3.05, 3.63) is 65.2 Å². The first-order valence-electron chi connectivity index (χ1n) is 8.44. The lowest BCUT2D eigenvalue weighted by molar-refractivity contribution is 0.0995. The average Bonchev–Trinajstić information content (AvgIpc) is 2.88. The Morgan fingerprint density at radius 2 is 2.15 bits per heavy atom. The number of aryl methyl sites for hydroxylation is 1. The highest BCUT2D eigenvalue weighted by atomic mass is 19.1. The zero-order chi connectivity index (χ0) is 19.8. The lowest BCUT2D eigenvalue weighted by Gasteiger charge is -2.19. The van der Waals surface area contributed by atoms with Crippen LogP contribution in [-0.4, -0.2) is 40.1 Å². The minimum atomic E-state index is -1.36. The van der Waals surface area contributed by atoms with Crippen LogP contribution in [0.4, 0.5) is 4.39 Å². The number of likely N-dealkylation sites (N-methyl/N-ethyl adjacent to an activating group) is 1. The van der Waals surface area contributed by atoms with E-state index < -0.39 is 17.3 Å². The summed E-state index contributed by atoms with van der Waals surface area (Å²) in [4.78, 5) is 17.5. The normalized spacial score (nSPS) is 19.0. The molecule has 27 heavy (non-hydrogen) atoms. The predicted molar refractivity (Wildman–Crippen MR) is 101 cm³/mol. The molecule has 0 radical (unpaired) electrons. The maximum atomic E-state index is 14.2. The van der Waals surface area contributed by atoms with Crippen molar-refractivity contribution in [1.82, 2.24) is 9.88 Å². The van der Waals surface area contributed by atoms with E-state index in [0.29, 0.717) is 29.9 Å². The number of benzene rings is 1. The molecule has 1 aromatic carbocycles. The molecule has 1 atom stereocenters. The quantitative estimate of drug-likeness (QED) is 0.800. The van der Waals surface area contributed by atoms with E-state index in [-0.39, 0.29) is 11.3 Å². The van der Waals surface area contributed by atoms with Crippen molar-refractivity contribution in [2.75, 3.05) is 13.6 Å². The summed E-state index contributed by atoms with van der Waals surface area (Å²) in [6.07, 6.45) is 0.415. The van der Waals surface area contributed by atoms with Gasteiger partial charge >= 0.3 is 0 Å². The van der Waals surface area contributed by atoms with Gasteiger partial charge in [-0.2, -0.15) is 0 Å². The van der Waals surface area contributed by atoms with Crippen LogP contribution in [0.5, 0.6) is 0 Å². The Balaban J connectivity index is 2.01. The van der Waals surface area contributed by atoms with E-state index in [1.807, 2.05) is 18.9 Å². The van der Waals surface area contributed by atoms with Gasteiger partial charge in [0.1, 0.15) is 11.5 Å². The molecular weight excluding hydrogens is 345 g/mol. The van der Waals surface area contributed by atoms with Gasteiger partial charge in [0.05, 0.1) is 17.0 Å². The number of carbonyl (C=O) groups excluding carboxylic acids is 1. The Hall–Kier alpha value is -3.17. The van der Waals surface area contributed by atoms with Crippen LogP contribution in [0.2, 0.25) is 0 Å². The van der Waals surface area contributed by atoms with Crippen molar-refractivity contribution in [2.24, 2.45) is 5.73 Å². The SMILES string of the molecule is C=C1N(C)CC[C@@]1(O)C#Cc1cc(-c2cc(C)cc(C(N)=O)n2)ccc1F. The third kappa shape index (κ3) is 3.69. The summed E-state index contributed by atoms with van der Waals surface area (Å²) in [5.41, 5.74) is 6.63. The number of hydrogen-bond acceptors (Lipinski definition) is 4. The third-order valence-electron chi connectivity index (χ3n) is 4.64. The molecule has 6 heteroatoms. The molecule has 0 aliphatic carbocycles. The van der Waals surface area contributed by atoms with Gasteiger partial charge in [0, 0.05) is 25.6 Å². The fourth-order valence-corrected chi connectivity index (χ4v) is 2.95. The molecule has 5 nitrogen and oxygen atoms in total. The fraction of sp³-hybridized carbons (Fsp3) is 0.238. The molecule has 1 aliphatic rings. The molecule has 1 aliphatic heterocycles. The van der Waals surface area contributed by atoms with Crippen LogP contribution >= 0.6 is 0 Å². The molecule has 0 spiro atoms. The highest BCUT2D eigenvalue weighted by Crippen LogP contribution is 2.29. The zero-order valence-electron chi connectivity index (χ0n) is 15.2. The van der Waals surface area contributed by atoms with Crippen LogP contribution in [0.3, 0.4) is 0 Å². The Morgan fingerprint density at radius 1 is 1.41 bits per heavy atom. The molecule has 3 rings (SSSR count). The number of nitrogens with two attached hydrogens (primary N) is 1. The third-order valence-corrected chi connectivity index (χ3v) is 4.64. The maximum Gasteiger partial charge on any atom is 0.267 e. The first kappa shape index (κ1) is 18.6. The van der Waals surface area contributed by atoms with Gasteiger partial charge in [-0.1, -0.05) is 18.4 Å². The van der Waals surface area contributed by atoms with Gasteiger partial charge in [0.15, 0.2) is 5.60 Å². The largest absolute Gasteiger partial charge is 0.375 e. The minimum absolute atomic E-state index is 0.132. The van der Waals surface area contributed by atoms with Crippen molar-refractivity contribution in [1.29, 1.82) is 0 Å². The van der Waals surface area contributed by atoms with Crippen LogP contribution in [-0.2, 0) is 0 Å². The van der Waals surface area contributed by atoms with E-state index in [1.54, 1.807) is 24.3 Å². The molecular formula is C21H20FN3O2. The van der Waals surface area contributed by atoms with Gasteiger partial charge in [0.2, 0.25) is 0 Å². The number of carbonyl (C=O) groups is 1. The summed E-state index contributed by atoms with van der Waals surface area (Å²) >= 11 is 0. The molecule has 1 fully saturated rings. The van der Waals surface area contributed by atoms with E-state index in [9.17, 15) is 14.3 Å². The highest BCUT2D eigenvalue weighted by Gasteiger charge is 2.36. The standard InChI is InChI=1S/C21H20FN3O2/c1-13-10-18(24-19(11-13)20(23)26)16-4-5-17(22)15(12-16)6-7-21(27)8-9-25(3)14(21)2/h4-5,10-12,27H,2,8-9H2,1,3H3,(H2,23,26)/t21-/m0/s1. The Morgan fingerprint density at radius 3 is 2.78 bits per heavy atom. The van der Waals surface area contributed by atoms with Gasteiger partial charge in [-0.05, 0) is 42.8 Å². The first-order valence-corrected chi connectivity index (χ1v) is 8.44. The Bertz CT molecular complexity index is 1010. The van der Waals surface area contributed by atoms with Crippen molar-refractivity contribution in [3.63, 3.8) is 0 Å². The average molecular weight is 365 g/mol. The van der Waals surface area contributed by atoms with E-state index in [0.717, 1.165) is 5.56 Å². The van der Waals surface area contributed by atoms with Crippen LogP contribution in [0.25, 0.3) is 11.3 Å². The number of hydrogen-bond donors (Lipinski definition) is 2. The fourth-order valence-electron chi connectivity index (χ4n) is 2.95. The number of rotatable bonds is 2. The van der Waals surface area contributed by atoms with Gasteiger partial charge < -0.3 is 15.7 Å². The van der Waals surface area contributed by atoms with Gasteiger partial charge in [-0.15, -0.1) is 0 Å².